The van der Waals surface area contributed by atoms with E-state index in [1.54, 1.807) is 18.2 Å². The average molecular weight is 2700 g/mol. The molecule has 698 valence electrons. The Balaban J connectivity index is 0.000000387. The number of ketones is 2. The van der Waals surface area contributed by atoms with Gasteiger partial charge in [0.1, 0.15) is 5.69 Å². The minimum absolute atomic E-state index is 0. The second-order valence-electron chi connectivity index (χ2n) is 30.3. The molecule has 0 saturated carbocycles. The average Bonchev–Trinajstić information content (AvgIpc) is 1.77. The molecule has 0 bridgehead atoms. The van der Waals surface area contributed by atoms with Gasteiger partial charge in [0.2, 0.25) is 0 Å². The van der Waals surface area contributed by atoms with Crippen molar-refractivity contribution < 1.29 is 133 Å². The van der Waals surface area contributed by atoms with Crippen LogP contribution in [-0.2, 0) is 122 Å². The molecule has 4 radical (unpaired) electrons. The van der Waals surface area contributed by atoms with Crippen molar-refractivity contribution in [2.24, 2.45) is 5.92 Å². The number of rotatable bonds is 13. The second-order valence-corrected chi connectivity index (χ2v) is 35.5. The summed E-state index contributed by atoms with van der Waals surface area (Å²) in [5.74, 6) is 1.45. The SMILES string of the molecule is CC(=O)C=C(C)O.CC(=O)C=C(C)O.C[PH+](C)c1ccccc1.C[PH+](C)c1ccccc1.Cc1[c-]c(-c2ccc3c(CC(C)C)cccc3n2)cc(C)c1.Cc1cc(-c2[c-]cccc2)[n-]n1.Cc1cccnc1-c1[c-]cccc1.Cc1ccnc(-c2[c-]cccc2)c1.FC(F)(F)c1cc(-c2ccccn2)[n-]n1.[Ir].[Ir].[Ir].[Ir].[Os].[c-]1ccccc1-c1nc2ccccc2n1-c1ccccc1. The molecule has 0 aliphatic heterocycles. The molecule has 0 fully saturated rings. The minimum atomic E-state index is -4.46. The van der Waals surface area contributed by atoms with Crippen LogP contribution in [0, 0.1) is 70.9 Å². The Kier molecular flexibility index (Phi) is 54.2. The zero-order valence-corrected chi connectivity index (χ0v) is 90.7. The number of aryl methyl sites for hydroxylation is 5. The van der Waals surface area contributed by atoms with Gasteiger partial charge in [-0.3, -0.25) is 24.5 Å². The quantitative estimate of drug-likeness (QED) is 0.0479. The number of aliphatic hydroxyl groups excluding tert-OH is 2. The molecule has 17 rings (SSSR count). The Hall–Kier alpha value is -10.7. The zero-order chi connectivity index (χ0) is 92.3. The van der Waals surface area contributed by atoms with Crippen molar-refractivity contribution in [3.05, 3.63) is 421 Å². The molecule has 10 aromatic carbocycles. The van der Waals surface area contributed by atoms with Gasteiger partial charge in [-0.2, -0.15) is 18.7 Å². The van der Waals surface area contributed by atoms with Gasteiger partial charge in [0, 0.05) is 169 Å². The van der Waals surface area contributed by atoms with Gasteiger partial charge in [-0.1, -0.05) is 160 Å². The summed E-state index contributed by atoms with van der Waals surface area (Å²) in [5, 5.41) is 35.4. The molecule has 14 nitrogen and oxygen atoms in total. The molecule has 7 aromatic heterocycles. The molecular weight excluding hydrogens is 2590 g/mol. The molecule has 2 N–H and O–H groups in total. The number of alkyl halides is 3. The minimum Gasteiger partial charge on any atom is -0.619 e. The number of benzene rings is 10. The van der Waals surface area contributed by atoms with Gasteiger partial charge >= 0.3 is 6.18 Å². The summed E-state index contributed by atoms with van der Waals surface area (Å²) in [6, 6.07) is 118. The third-order valence-electron chi connectivity index (χ3n) is 18.2. The van der Waals surface area contributed by atoms with Gasteiger partial charge < -0.3 is 45.1 Å². The fraction of sp³-hybridized carbons (Fsp3) is 0.165. The van der Waals surface area contributed by atoms with E-state index in [1.165, 1.54) is 84.3 Å². The zero-order valence-electron chi connectivity index (χ0n) is 76.6. The maximum atomic E-state index is 12.2. The van der Waals surface area contributed by atoms with E-state index >= 15 is 0 Å². The van der Waals surface area contributed by atoms with E-state index in [0.29, 0.717) is 11.6 Å². The Labute approximate surface area is 851 Å². The van der Waals surface area contributed by atoms with Crippen molar-refractivity contribution in [2.45, 2.75) is 88.8 Å². The molecule has 17 aromatic rings. The van der Waals surface area contributed by atoms with Gasteiger partial charge in [-0.05, 0) is 168 Å². The monoisotopic (exact) mass is 2700 g/mol. The largest absolute Gasteiger partial charge is 0.619 e. The van der Waals surface area contributed by atoms with E-state index in [0.717, 1.165) is 102 Å². The topological polar surface area (TPSA) is 198 Å². The summed E-state index contributed by atoms with van der Waals surface area (Å²) in [6.07, 6.45) is 4.08. The maximum Gasteiger partial charge on any atom is 0.431 e. The Morgan fingerprint density at radius 2 is 0.955 bits per heavy atom. The van der Waals surface area contributed by atoms with Crippen LogP contribution in [0.15, 0.2) is 352 Å². The first-order chi connectivity index (χ1) is 61.5. The van der Waals surface area contributed by atoms with Crippen LogP contribution in [0.3, 0.4) is 0 Å². The number of carbonyl (C=O) groups excluding carboxylic acids is 2. The van der Waals surface area contributed by atoms with Crippen molar-refractivity contribution >= 4 is 60.0 Å². The van der Waals surface area contributed by atoms with Crippen molar-refractivity contribution in [3.63, 3.8) is 0 Å². The molecule has 0 unspecified atom stereocenters. The number of para-hydroxylation sites is 3. The number of aliphatic hydroxyl groups is 2. The summed E-state index contributed by atoms with van der Waals surface area (Å²) >= 11 is 0. The van der Waals surface area contributed by atoms with Gasteiger partial charge in [0.05, 0.1) is 71.2 Å². The van der Waals surface area contributed by atoms with E-state index < -0.39 is 11.9 Å². The Morgan fingerprint density at radius 3 is 1.42 bits per heavy atom. The normalized spacial score (nSPS) is 10.3. The molecule has 0 aliphatic rings. The van der Waals surface area contributed by atoms with Gasteiger partial charge in [-0.25, -0.2) is 5.69 Å². The smallest absolute Gasteiger partial charge is 0.431 e. The standard InChI is InChI=1S/C21H22N.C19H13N2.2C12H10N.C10H8N2.C9H5F3N3.2C8H11P.2C5H8O2.4Ir.Os/c1-14(2)10-17-6-5-7-21-19(17)8-9-20(22-21)18-12-15(3)11-16(4)13-18;1-3-9-15(10-4-1)19-20-17-13-7-8-14-18(17)21(19)16-11-5-2-6-12-16;1-10-6-5-9-13-12(10)11-7-3-2-4-8-11;1-10-7-8-13-12(9-10)11-5-3-2-4-6-11;1-8-7-10(12-11-8)9-5-3-2-4-6-9;10-9(11,12)8-5-7(14-15-8)6-3-1-2-4-13-6;2*1-9(2)8-6-4-3-5-7-8;2*1-4(6)3-5(2)7;;;;;/h5-9,11-12,14H,10H2,1-4H3;1-9,11-14H;2-7,9H,1H3;2-5,7-9H,1H3;2-5,7H,1H3;1-5H;2*3-7H,1-2H3;2*3,6H,1-2H3;;;;;/q4*-1;-2;-1;;;;;;;;;/p+2. The summed E-state index contributed by atoms with van der Waals surface area (Å²) in [4.78, 5) is 42.2. The van der Waals surface area contributed by atoms with Crippen LogP contribution in [0.2, 0.25) is 0 Å². The summed E-state index contributed by atoms with van der Waals surface area (Å²) in [6.45, 7) is 29.7. The number of hydrogen-bond donors (Lipinski definition) is 2. The van der Waals surface area contributed by atoms with E-state index in [1.807, 2.05) is 171 Å². The van der Waals surface area contributed by atoms with E-state index in [9.17, 15) is 22.8 Å². The molecular formula is C109H108F3Ir4N10O4OsP2-5. The first-order valence-corrected chi connectivity index (χ1v) is 46.6. The summed E-state index contributed by atoms with van der Waals surface area (Å²) < 4.78 is 38.8. The summed E-state index contributed by atoms with van der Waals surface area (Å²) in [7, 11) is -0.424. The number of nitrogens with zero attached hydrogens (tertiary/aromatic N) is 10. The van der Waals surface area contributed by atoms with Crippen LogP contribution in [0.25, 0.3) is 95.4 Å². The van der Waals surface area contributed by atoms with Gasteiger partial charge in [-0.15, -0.1) is 173 Å². The van der Waals surface area contributed by atoms with Crippen LogP contribution in [0.1, 0.15) is 80.7 Å². The van der Waals surface area contributed by atoms with E-state index in [4.69, 9.17) is 20.2 Å². The third-order valence-corrected chi connectivity index (χ3v) is 21.2. The molecule has 0 spiro atoms. The second kappa shape index (κ2) is 61.9. The number of imidazole rings is 1. The van der Waals surface area contributed by atoms with Gasteiger partial charge in [0.25, 0.3) is 0 Å². The Bertz CT molecular complexity index is 6170. The van der Waals surface area contributed by atoms with E-state index in [-0.39, 0.29) is 145 Å². The number of pyridine rings is 4. The van der Waals surface area contributed by atoms with Crippen LogP contribution in [0.5, 0.6) is 0 Å². The molecule has 24 heteroatoms. The number of halogens is 3. The Morgan fingerprint density at radius 1 is 0.451 bits per heavy atom. The number of hydrogen-bond acceptors (Lipinski definition) is 11. The van der Waals surface area contributed by atoms with E-state index in [2.05, 4.69) is 272 Å². The summed E-state index contributed by atoms with van der Waals surface area (Å²) in [5.41, 5.74) is 20.0. The first-order valence-electron chi connectivity index (χ1n) is 41.6. The van der Waals surface area contributed by atoms with Crippen molar-refractivity contribution in [3.8, 4) is 73.5 Å². The number of allylic oxidation sites excluding steroid dienone is 4. The number of fused-ring (bicyclic) bond motifs is 2. The number of carbonyl (C=O) groups is 2. The van der Waals surface area contributed by atoms with Crippen molar-refractivity contribution in [1.82, 2.24) is 49.9 Å². The van der Waals surface area contributed by atoms with Crippen LogP contribution in [-0.4, -0.2) is 88.1 Å². The molecule has 133 heavy (non-hydrogen) atoms. The maximum absolute atomic E-state index is 12.2. The predicted octanol–water partition coefficient (Wildman–Crippen LogP) is 25.3. The molecule has 0 saturated heterocycles. The fourth-order valence-corrected chi connectivity index (χ4v) is 14.1. The molecule has 0 aliphatic carbocycles. The fourth-order valence-electron chi connectivity index (χ4n) is 12.4. The van der Waals surface area contributed by atoms with Crippen molar-refractivity contribution in [1.29, 1.82) is 0 Å². The third kappa shape index (κ3) is 41.3. The first kappa shape index (κ1) is 116. The molecule has 7 heterocycles. The van der Waals surface area contributed by atoms with Crippen LogP contribution >= 0.6 is 15.8 Å². The van der Waals surface area contributed by atoms with Gasteiger partial charge in [0.15, 0.2) is 11.6 Å². The molecule has 0 atom stereocenters. The van der Waals surface area contributed by atoms with Crippen LogP contribution in [0.4, 0.5) is 13.2 Å². The molecule has 0 amide bonds. The van der Waals surface area contributed by atoms with Crippen molar-refractivity contribution in [2.75, 3.05) is 26.7 Å². The predicted molar refractivity (Wildman–Crippen MR) is 525 cm³/mol. The van der Waals surface area contributed by atoms with Crippen LogP contribution < -0.4 is 20.8 Å². The number of aromatic nitrogens is 10.